The van der Waals surface area contributed by atoms with Gasteiger partial charge in [-0.25, -0.2) is 0 Å². The molecule has 1 rings (SSSR count). The van der Waals surface area contributed by atoms with Crippen LogP contribution >= 0.6 is 0 Å². The standard InChI is InChI=1S/C35H69NO10/c1-3-5-7-9-11-13-14-15-17-18-20-22-27(38)30(40)26(25-45-35-33(43)32(42)31(41)29(24-37)46-35)36-34(44)28(39)23-21-19-16-12-10-8-6-4-2/h26-33,35,37-43H,3-25H2,1-2H3,(H,36,44). The molecule has 0 saturated carbocycles. The molecule has 0 spiro atoms. The minimum Gasteiger partial charge on any atom is -0.394 e. The maximum absolute atomic E-state index is 12.9. The second-order valence-electron chi connectivity index (χ2n) is 13.3. The van der Waals surface area contributed by atoms with Gasteiger partial charge in [-0.2, -0.15) is 0 Å². The van der Waals surface area contributed by atoms with Crippen molar-refractivity contribution in [1.29, 1.82) is 0 Å². The molecule has 8 N–H and O–H groups in total. The molecule has 1 fully saturated rings. The lowest BCUT2D eigenvalue weighted by Crippen LogP contribution is -2.60. The van der Waals surface area contributed by atoms with Gasteiger partial charge in [0.1, 0.15) is 36.6 Å². The summed E-state index contributed by atoms with van der Waals surface area (Å²) in [7, 11) is 0. The lowest BCUT2D eigenvalue weighted by molar-refractivity contribution is -0.303. The van der Waals surface area contributed by atoms with Gasteiger partial charge in [0.25, 0.3) is 0 Å². The van der Waals surface area contributed by atoms with E-state index < -0.39 is 74.2 Å². The first-order valence-electron chi connectivity index (χ1n) is 18.4. The fourth-order valence-electron chi connectivity index (χ4n) is 5.97. The summed E-state index contributed by atoms with van der Waals surface area (Å²) in [5, 5.41) is 74.9. The van der Waals surface area contributed by atoms with Crippen molar-refractivity contribution in [3.05, 3.63) is 0 Å². The zero-order chi connectivity index (χ0) is 34.2. The van der Waals surface area contributed by atoms with Gasteiger partial charge in [-0.1, -0.05) is 136 Å². The lowest BCUT2D eigenvalue weighted by atomic mass is 9.98. The largest absolute Gasteiger partial charge is 0.394 e. The molecule has 11 heteroatoms. The lowest BCUT2D eigenvalue weighted by Gasteiger charge is -2.40. The number of unbranched alkanes of at least 4 members (excludes halogenated alkanes) is 17. The van der Waals surface area contributed by atoms with Crippen LogP contribution in [0.3, 0.4) is 0 Å². The molecule has 11 nitrogen and oxygen atoms in total. The average Bonchev–Trinajstić information content (AvgIpc) is 3.05. The first kappa shape index (κ1) is 43.1. The van der Waals surface area contributed by atoms with Crippen molar-refractivity contribution in [2.45, 2.75) is 204 Å². The maximum atomic E-state index is 12.9. The van der Waals surface area contributed by atoms with Crippen LogP contribution in [0.1, 0.15) is 149 Å². The van der Waals surface area contributed by atoms with Gasteiger partial charge >= 0.3 is 0 Å². The number of aliphatic hydroxyl groups excluding tert-OH is 7. The Hall–Kier alpha value is -0.890. The Morgan fingerprint density at radius 2 is 1.13 bits per heavy atom. The number of aliphatic hydroxyl groups is 7. The van der Waals surface area contributed by atoms with Gasteiger partial charge < -0.3 is 50.5 Å². The molecule has 1 aliphatic rings. The summed E-state index contributed by atoms with van der Waals surface area (Å²) in [5.41, 5.74) is 0. The van der Waals surface area contributed by atoms with E-state index in [0.29, 0.717) is 19.3 Å². The van der Waals surface area contributed by atoms with Crippen LogP contribution in [-0.2, 0) is 14.3 Å². The van der Waals surface area contributed by atoms with Crippen LogP contribution < -0.4 is 5.32 Å². The first-order valence-corrected chi connectivity index (χ1v) is 18.4. The van der Waals surface area contributed by atoms with Crippen LogP contribution in [-0.4, -0.2) is 110 Å². The predicted molar refractivity (Wildman–Crippen MR) is 178 cm³/mol. The van der Waals surface area contributed by atoms with E-state index in [-0.39, 0.29) is 6.42 Å². The third-order valence-corrected chi connectivity index (χ3v) is 9.16. The van der Waals surface area contributed by atoms with Crippen molar-refractivity contribution in [3.63, 3.8) is 0 Å². The topological polar surface area (TPSA) is 189 Å². The second kappa shape index (κ2) is 27.0. The summed E-state index contributed by atoms with van der Waals surface area (Å²) in [6.07, 6.45) is 10.4. The molecule has 1 saturated heterocycles. The minimum absolute atomic E-state index is 0.262. The molecular weight excluding hydrogens is 594 g/mol. The highest BCUT2D eigenvalue weighted by Crippen LogP contribution is 2.23. The first-order chi connectivity index (χ1) is 22.2. The number of hydrogen-bond acceptors (Lipinski definition) is 10. The van der Waals surface area contributed by atoms with E-state index in [1.165, 1.54) is 70.6 Å². The molecule has 9 unspecified atom stereocenters. The Balaban J connectivity index is 2.61. The molecule has 1 heterocycles. The molecule has 0 radical (unpaired) electrons. The second-order valence-corrected chi connectivity index (χ2v) is 13.3. The van der Waals surface area contributed by atoms with Gasteiger partial charge in [-0.15, -0.1) is 0 Å². The van der Waals surface area contributed by atoms with Gasteiger partial charge in [-0.05, 0) is 12.8 Å². The van der Waals surface area contributed by atoms with Crippen molar-refractivity contribution in [3.8, 4) is 0 Å². The Kier molecular flexibility index (Phi) is 25.3. The van der Waals surface area contributed by atoms with Gasteiger partial charge in [0.15, 0.2) is 6.29 Å². The molecule has 9 atom stereocenters. The van der Waals surface area contributed by atoms with Crippen LogP contribution in [0.4, 0.5) is 0 Å². The number of hydrogen-bond donors (Lipinski definition) is 8. The van der Waals surface area contributed by atoms with E-state index in [1.54, 1.807) is 0 Å². The quantitative estimate of drug-likeness (QED) is 0.0549. The van der Waals surface area contributed by atoms with E-state index in [9.17, 15) is 40.5 Å². The average molecular weight is 664 g/mol. The van der Waals surface area contributed by atoms with Crippen LogP contribution in [0, 0.1) is 0 Å². The van der Waals surface area contributed by atoms with Crippen molar-refractivity contribution in [2.24, 2.45) is 0 Å². The highest BCUT2D eigenvalue weighted by molar-refractivity contribution is 5.80. The molecule has 0 aliphatic carbocycles. The van der Waals surface area contributed by atoms with Gasteiger partial charge in [0.2, 0.25) is 5.91 Å². The van der Waals surface area contributed by atoms with Crippen molar-refractivity contribution in [2.75, 3.05) is 13.2 Å². The number of ether oxygens (including phenoxy) is 2. The smallest absolute Gasteiger partial charge is 0.249 e. The summed E-state index contributed by atoms with van der Waals surface area (Å²) in [6, 6.07) is -1.16. The summed E-state index contributed by atoms with van der Waals surface area (Å²) in [4.78, 5) is 12.9. The predicted octanol–water partition coefficient (Wildman–Crippen LogP) is 3.60. The molecule has 274 valence electrons. The Morgan fingerprint density at radius 3 is 1.61 bits per heavy atom. The summed E-state index contributed by atoms with van der Waals surface area (Å²) < 4.78 is 11.0. The fourth-order valence-corrected chi connectivity index (χ4v) is 5.97. The molecule has 0 aromatic heterocycles. The van der Waals surface area contributed by atoms with E-state index >= 15 is 0 Å². The fraction of sp³-hybridized carbons (Fsp3) is 0.971. The SMILES string of the molecule is CCCCCCCCCCCCCC(O)C(O)C(COC1OC(CO)C(O)C(O)C1O)NC(=O)C(O)CCCCCCCCCC. The van der Waals surface area contributed by atoms with Gasteiger partial charge in [-0.3, -0.25) is 4.79 Å². The number of amides is 1. The summed E-state index contributed by atoms with van der Waals surface area (Å²) in [5.74, 6) is -0.703. The third-order valence-electron chi connectivity index (χ3n) is 9.16. The van der Waals surface area contributed by atoms with E-state index in [1.807, 2.05) is 0 Å². The Labute approximate surface area is 278 Å². The van der Waals surface area contributed by atoms with Crippen molar-refractivity contribution >= 4 is 5.91 Å². The summed E-state index contributed by atoms with van der Waals surface area (Å²) >= 11 is 0. The highest BCUT2D eigenvalue weighted by atomic mass is 16.7. The van der Waals surface area contributed by atoms with E-state index in [2.05, 4.69) is 19.2 Å². The zero-order valence-corrected chi connectivity index (χ0v) is 28.8. The number of carbonyl (C=O) groups is 1. The van der Waals surface area contributed by atoms with Gasteiger partial charge in [0, 0.05) is 0 Å². The molecule has 0 aromatic rings. The summed E-state index contributed by atoms with van der Waals surface area (Å²) in [6.45, 7) is 3.34. The monoisotopic (exact) mass is 663 g/mol. The van der Waals surface area contributed by atoms with E-state index in [4.69, 9.17) is 9.47 Å². The molecule has 1 amide bonds. The Bertz CT molecular complexity index is 729. The molecular formula is C35H69NO10. The zero-order valence-electron chi connectivity index (χ0n) is 28.8. The van der Waals surface area contributed by atoms with Crippen LogP contribution in [0.25, 0.3) is 0 Å². The number of nitrogens with one attached hydrogen (secondary N) is 1. The van der Waals surface area contributed by atoms with Crippen LogP contribution in [0.15, 0.2) is 0 Å². The maximum Gasteiger partial charge on any atom is 0.249 e. The third kappa shape index (κ3) is 18.0. The number of carbonyl (C=O) groups excluding carboxylic acids is 1. The van der Waals surface area contributed by atoms with Gasteiger partial charge in [0.05, 0.1) is 25.4 Å². The Morgan fingerprint density at radius 1 is 0.674 bits per heavy atom. The van der Waals surface area contributed by atoms with Crippen molar-refractivity contribution < 1.29 is 50.0 Å². The van der Waals surface area contributed by atoms with Crippen molar-refractivity contribution in [1.82, 2.24) is 5.32 Å². The molecule has 1 aliphatic heterocycles. The highest BCUT2D eigenvalue weighted by Gasteiger charge is 2.44. The normalized spacial score (nSPS) is 24.4. The number of rotatable bonds is 29. The molecule has 0 aromatic carbocycles. The minimum atomic E-state index is -1.65. The molecule has 46 heavy (non-hydrogen) atoms. The van der Waals surface area contributed by atoms with Crippen LogP contribution in [0.2, 0.25) is 0 Å². The van der Waals surface area contributed by atoms with Crippen LogP contribution in [0.5, 0.6) is 0 Å². The molecule has 0 bridgehead atoms. The van der Waals surface area contributed by atoms with E-state index in [0.717, 1.165) is 38.5 Å².